The number of imidazole rings is 1. The van der Waals surface area contributed by atoms with Crippen LogP contribution in [0.1, 0.15) is 33.7 Å². The van der Waals surface area contributed by atoms with Crippen molar-refractivity contribution in [2.75, 3.05) is 13.2 Å². The van der Waals surface area contributed by atoms with Crippen LogP contribution in [0.25, 0.3) is 11.0 Å². The van der Waals surface area contributed by atoms with Crippen LogP contribution in [0.3, 0.4) is 0 Å². The number of carbonyl (C=O) groups excluding carboxylic acids is 1. The lowest BCUT2D eigenvalue weighted by Crippen LogP contribution is -2.25. The van der Waals surface area contributed by atoms with Crippen LogP contribution < -0.4 is 10.1 Å². The zero-order valence-corrected chi connectivity index (χ0v) is 18.5. The van der Waals surface area contributed by atoms with Crippen molar-refractivity contribution in [2.24, 2.45) is 0 Å². The molecule has 0 unspecified atom stereocenters. The van der Waals surface area contributed by atoms with Gasteiger partial charge in [-0.3, -0.25) is 9.78 Å². The fraction of sp³-hybridized carbons (Fsp3) is 0.269. The van der Waals surface area contributed by atoms with Gasteiger partial charge in [-0.15, -0.1) is 0 Å². The van der Waals surface area contributed by atoms with E-state index in [-0.39, 0.29) is 5.91 Å². The Kier molecular flexibility index (Phi) is 6.80. The van der Waals surface area contributed by atoms with Crippen molar-refractivity contribution in [1.29, 1.82) is 0 Å². The fourth-order valence-corrected chi connectivity index (χ4v) is 3.74. The van der Waals surface area contributed by atoms with E-state index in [0.29, 0.717) is 25.3 Å². The normalized spacial score (nSPS) is 10.9. The van der Waals surface area contributed by atoms with E-state index in [1.807, 2.05) is 30.3 Å². The molecule has 0 aliphatic heterocycles. The number of rotatable bonds is 9. The summed E-state index contributed by atoms with van der Waals surface area (Å²) in [6, 6.07) is 17.8. The minimum absolute atomic E-state index is 0.103. The SMILES string of the molecule is Cc1cccc(OCCn2c(CCCNC(=O)c3cccnc3)nc3ccccc32)c1C. The Labute approximate surface area is 188 Å². The zero-order chi connectivity index (χ0) is 22.3. The smallest absolute Gasteiger partial charge is 0.252 e. The third-order valence-electron chi connectivity index (χ3n) is 5.65. The summed E-state index contributed by atoms with van der Waals surface area (Å²) in [7, 11) is 0. The molecule has 164 valence electrons. The number of nitrogens with zero attached hydrogens (tertiary/aromatic N) is 3. The summed E-state index contributed by atoms with van der Waals surface area (Å²) in [5, 5.41) is 2.96. The third-order valence-corrected chi connectivity index (χ3v) is 5.65. The maximum atomic E-state index is 12.2. The molecule has 0 saturated carbocycles. The summed E-state index contributed by atoms with van der Waals surface area (Å²) in [5.74, 6) is 1.83. The Hall–Kier alpha value is -3.67. The van der Waals surface area contributed by atoms with Gasteiger partial charge < -0.3 is 14.6 Å². The number of para-hydroxylation sites is 2. The number of carbonyl (C=O) groups is 1. The van der Waals surface area contributed by atoms with Crippen molar-refractivity contribution in [3.63, 3.8) is 0 Å². The lowest BCUT2D eigenvalue weighted by molar-refractivity contribution is 0.0952. The van der Waals surface area contributed by atoms with Crippen LogP contribution in [0.15, 0.2) is 67.0 Å². The first-order valence-electron chi connectivity index (χ1n) is 10.9. The molecule has 2 aromatic carbocycles. The number of ether oxygens (including phenoxy) is 1. The van der Waals surface area contributed by atoms with Gasteiger partial charge in [0.2, 0.25) is 0 Å². The number of aryl methyl sites for hydroxylation is 2. The molecule has 0 atom stereocenters. The summed E-state index contributed by atoms with van der Waals surface area (Å²) in [5.41, 5.74) is 5.06. The van der Waals surface area contributed by atoms with Crippen LogP contribution in [0.5, 0.6) is 5.75 Å². The summed E-state index contributed by atoms with van der Waals surface area (Å²) in [6.45, 7) is 6.04. The molecule has 2 aromatic heterocycles. The highest BCUT2D eigenvalue weighted by molar-refractivity contribution is 5.93. The Morgan fingerprint density at radius 2 is 1.94 bits per heavy atom. The monoisotopic (exact) mass is 428 g/mol. The Morgan fingerprint density at radius 1 is 1.06 bits per heavy atom. The van der Waals surface area contributed by atoms with Gasteiger partial charge in [0, 0.05) is 25.4 Å². The van der Waals surface area contributed by atoms with Gasteiger partial charge in [-0.1, -0.05) is 24.3 Å². The predicted molar refractivity (Wildman–Crippen MR) is 126 cm³/mol. The van der Waals surface area contributed by atoms with E-state index in [0.717, 1.165) is 35.4 Å². The number of aromatic nitrogens is 3. The van der Waals surface area contributed by atoms with E-state index in [2.05, 4.69) is 40.8 Å². The van der Waals surface area contributed by atoms with Crippen LogP contribution in [0.2, 0.25) is 0 Å². The van der Waals surface area contributed by atoms with Gasteiger partial charge in [0.05, 0.1) is 23.1 Å². The van der Waals surface area contributed by atoms with Crippen LogP contribution in [-0.4, -0.2) is 33.6 Å². The molecule has 1 amide bonds. The van der Waals surface area contributed by atoms with Crippen LogP contribution in [0, 0.1) is 13.8 Å². The Balaban J connectivity index is 1.39. The highest BCUT2D eigenvalue weighted by atomic mass is 16.5. The summed E-state index contributed by atoms with van der Waals surface area (Å²) >= 11 is 0. The lowest BCUT2D eigenvalue weighted by atomic mass is 10.1. The molecular formula is C26H28N4O2. The van der Waals surface area contributed by atoms with E-state index in [9.17, 15) is 4.79 Å². The third kappa shape index (κ3) is 4.97. The lowest BCUT2D eigenvalue weighted by Gasteiger charge is -2.13. The molecule has 4 aromatic rings. The molecule has 1 N–H and O–H groups in total. The highest BCUT2D eigenvalue weighted by Gasteiger charge is 2.11. The van der Waals surface area contributed by atoms with Gasteiger partial charge in [-0.25, -0.2) is 4.98 Å². The van der Waals surface area contributed by atoms with Crippen molar-refractivity contribution >= 4 is 16.9 Å². The maximum absolute atomic E-state index is 12.2. The van der Waals surface area contributed by atoms with Gasteiger partial charge >= 0.3 is 0 Å². The topological polar surface area (TPSA) is 69.0 Å². The molecule has 6 heteroatoms. The van der Waals surface area contributed by atoms with E-state index in [4.69, 9.17) is 9.72 Å². The van der Waals surface area contributed by atoms with Gasteiger partial charge in [0.1, 0.15) is 18.2 Å². The van der Waals surface area contributed by atoms with E-state index >= 15 is 0 Å². The number of pyridine rings is 1. The standard InChI is InChI=1S/C26H28N4O2/c1-19-8-5-12-24(20(19)2)32-17-16-30-23-11-4-3-10-22(23)29-25(30)13-7-15-28-26(31)21-9-6-14-27-18-21/h3-6,8-12,14,18H,7,13,15-17H2,1-2H3,(H,28,31). The quantitative estimate of drug-likeness (QED) is 0.399. The van der Waals surface area contributed by atoms with Crippen molar-refractivity contribution in [2.45, 2.75) is 33.2 Å². The van der Waals surface area contributed by atoms with Gasteiger partial charge in [0.25, 0.3) is 5.91 Å². The molecule has 2 heterocycles. The number of nitrogens with one attached hydrogen (secondary N) is 1. The second kappa shape index (κ2) is 10.1. The molecule has 4 rings (SSSR count). The van der Waals surface area contributed by atoms with Crippen LogP contribution >= 0.6 is 0 Å². The highest BCUT2D eigenvalue weighted by Crippen LogP contribution is 2.21. The summed E-state index contributed by atoms with van der Waals surface area (Å²) in [6.07, 6.45) is 4.80. The minimum Gasteiger partial charge on any atom is -0.491 e. The van der Waals surface area contributed by atoms with Crippen LogP contribution in [-0.2, 0) is 13.0 Å². The number of hydrogen-bond acceptors (Lipinski definition) is 4. The molecule has 0 spiro atoms. The zero-order valence-electron chi connectivity index (χ0n) is 18.5. The average Bonchev–Trinajstić information content (AvgIpc) is 3.17. The van der Waals surface area contributed by atoms with Crippen molar-refractivity contribution in [3.05, 3.63) is 89.5 Å². The van der Waals surface area contributed by atoms with Crippen molar-refractivity contribution < 1.29 is 9.53 Å². The van der Waals surface area contributed by atoms with Gasteiger partial charge in [-0.2, -0.15) is 0 Å². The first-order valence-corrected chi connectivity index (χ1v) is 10.9. The molecule has 6 nitrogen and oxygen atoms in total. The second-order valence-corrected chi connectivity index (χ2v) is 7.82. The summed E-state index contributed by atoms with van der Waals surface area (Å²) in [4.78, 5) is 21.0. The van der Waals surface area contributed by atoms with Gasteiger partial charge in [0.15, 0.2) is 0 Å². The molecule has 32 heavy (non-hydrogen) atoms. The molecule has 0 radical (unpaired) electrons. The van der Waals surface area contributed by atoms with Crippen molar-refractivity contribution in [3.8, 4) is 5.75 Å². The largest absolute Gasteiger partial charge is 0.491 e. The first-order chi connectivity index (χ1) is 15.6. The maximum Gasteiger partial charge on any atom is 0.252 e. The van der Waals surface area contributed by atoms with E-state index < -0.39 is 0 Å². The number of fused-ring (bicyclic) bond motifs is 1. The molecule has 0 fully saturated rings. The molecule has 0 aliphatic rings. The number of benzene rings is 2. The Morgan fingerprint density at radius 3 is 2.78 bits per heavy atom. The van der Waals surface area contributed by atoms with E-state index in [1.165, 1.54) is 11.1 Å². The van der Waals surface area contributed by atoms with E-state index in [1.54, 1.807) is 24.5 Å². The number of hydrogen-bond donors (Lipinski definition) is 1. The number of amides is 1. The average molecular weight is 429 g/mol. The van der Waals surface area contributed by atoms with Crippen molar-refractivity contribution in [1.82, 2.24) is 19.9 Å². The Bertz CT molecular complexity index is 1200. The fourth-order valence-electron chi connectivity index (χ4n) is 3.74. The molecular weight excluding hydrogens is 400 g/mol. The predicted octanol–water partition coefficient (Wildman–Crippen LogP) is 4.49. The first kappa shape index (κ1) is 21.6. The summed E-state index contributed by atoms with van der Waals surface area (Å²) < 4.78 is 8.32. The molecule has 0 aliphatic carbocycles. The molecule has 0 saturated heterocycles. The second-order valence-electron chi connectivity index (χ2n) is 7.82. The molecule has 0 bridgehead atoms. The van der Waals surface area contributed by atoms with Crippen LogP contribution in [0.4, 0.5) is 0 Å². The minimum atomic E-state index is -0.103. The van der Waals surface area contributed by atoms with Gasteiger partial charge in [-0.05, 0) is 61.7 Å².